The van der Waals surface area contributed by atoms with Crippen molar-refractivity contribution in [2.24, 2.45) is 11.8 Å². The summed E-state index contributed by atoms with van der Waals surface area (Å²) < 4.78 is 16.9. The highest BCUT2D eigenvalue weighted by molar-refractivity contribution is 5.68. The van der Waals surface area contributed by atoms with Crippen molar-refractivity contribution in [3.05, 3.63) is 65.5 Å². The second-order valence-corrected chi connectivity index (χ2v) is 11.4. The van der Waals surface area contributed by atoms with Crippen LogP contribution in [0.2, 0.25) is 0 Å². The average Bonchev–Trinajstić information content (AvgIpc) is 3.53. The van der Waals surface area contributed by atoms with E-state index in [4.69, 9.17) is 14.0 Å². The van der Waals surface area contributed by atoms with Gasteiger partial charge in [-0.3, -0.25) is 0 Å². The predicted octanol–water partition coefficient (Wildman–Crippen LogP) is 6.83. The van der Waals surface area contributed by atoms with Crippen LogP contribution in [0.4, 0.5) is 4.79 Å². The lowest BCUT2D eigenvalue weighted by Gasteiger charge is -2.18. The van der Waals surface area contributed by atoms with Gasteiger partial charge in [-0.2, -0.15) is 4.98 Å². The van der Waals surface area contributed by atoms with Gasteiger partial charge >= 0.3 is 6.09 Å². The minimum absolute atomic E-state index is 0.0916. The molecule has 1 amide bonds. The van der Waals surface area contributed by atoms with Gasteiger partial charge < -0.3 is 18.9 Å². The van der Waals surface area contributed by atoms with E-state index in [0.29, 0.717) is 43.2 Å². The molecule has 0 radical (unpaired) electrons. The van der Waals surface area contributed by atoms with E-state index in [1.165, 1.54) is 5.56 Å². The van der Waals surface area contributed by atoms with E-state index in [1.54, 1.807) is 0 Å². The fourth-order valence-corrected chi connectivity index (χ4v) is 4.67. The highest BCUT2D eigenvalue weighted by Crippen LogP contribution is 2.36. The Labute approximate surface area is 220 Å². The second kappa shape index (κ2) is 11.4. The molecule has 2 heterocycles. The lowest BCUT2D eigenvalue weighted by molar-refractivity contribution is 0.0981. The number of benzene rings is 2. The molecule has 1 fully saturated rings. The minimum atomic E-state index is -0.220. The van der Waals surface area contributed by atoms with Crippen LogP contribution in [0.5, 0.6) is 5.75 Å². The van der Waals surface area contributed by atoms with Crippen molar-refractivity contribution in [2.45, 2.75) is 65.9 Å². The van der Waals surface area contributed by atoms with Crippen molar-refractivity contribution >= 4 is 6.09 Å². The summed E-state index contributed by atoms with van der Waals surface area (Å²) in [6, 6.07) is 16.3. The number of ether oxygens (including phenoxy) is 2. The van der Waals surface area contributed by atoms with Gasteiger partial charge in [-0.15, -0.1) is 0 Å². The zero-order chi connectivity index (χ0) is 26.6. The number of nitrogens with zero attached hydrogens (tertiary/aromatic N) is 3. The summed E-state index contributed by atoms with van der Waals surface area (Å²) in [6.07, 6.45) is 0.771. The fraction of sp³-hybridized carbons (Fsp3) is 0.500. The van der Waals surface area contributed by atoms with Gasteiger partial charge in [0.2, 0.25) is 5.82 Å². The first-order valence-corrected chi connectivity index (χ1v) is 13.2. The van der Waals surface area contributed by atoms with E-state index in [1.807, 2.05) is 43.0 Å². The van der Waals surface area contributed by atoms with E-state index in [0.717, 1.165) is 23.3 Å². The molecular formula is C30H39N3O4. The number of carbonyl (C=O) groups excluding carboxylic acids is 1. The Hall–Kier alpha value is -3.35. The quantitative estimate of drug-likeness (QED) is 0.334. The smallest absolute Gasteiger partial charge is 0.409 e. The largest absolute Gasteiger partial charge is 0.484 e. The van der Waals surface area contributed by atoms with Gasteiger partial charge in [0.1, 0.15) is 5.75 Å². The number of rotatable bonds is 8. The number of aromatic nitrogens is 2. The van der Waals surface area contributed by atoms with Crippen LogP contribution in [0.25, 0.3) is 11.4 Å². The van der Waals surface area contributed by atoms with Crippen LogP contribution >= 0.6 is 0 Å². The Morgan fingerprint density at radius 1 is 1.14 bits per heavy atom. The van der Waals surface area contributed by atoms with E-state index >= 15 is 0 Å². The zero-order valence-electron chi connectivity index (χ0n) is 22.9. The molecule has 0 N–H and O–H groups in total. The average molecular weight is 506 g/mol. The molecule has 1 saturated heterocycles. The first-order chi connectivity index (χ1) is 17.6. The van der Waals surface area contributed by atoms with Gasteiger partial charge in [-0.25, -0.2) is 4.79 Å². The minimum Gasteiger partial charge on any atom is -0.484 e. The molecule has 1 aromatic heterocycles. The molecule has 2 aromatic carbocycles. The predicted molar refractivity (Wildman–Crippen MR) is 143 cm³/mol. The van der Waals surface area contributed by atoms with Crippen molar-refractivity contribution in [1.82, 2.24) is 15.0 Å². The van der Waals surface area contributed by atoms with E-state index in [9.17, 15) is 4.79 Å². The lowest BCUT2D eigenvalue weighted by Crippen LogP contribution is -2.30. The molecule has 1 aliphatic rings. The van der Waals surface area contributed by atoms with Gasteiger partial charge in [-0.1, -0.05) is 89.5 Å². The van der Waals surface area contributed by atoms with Crippen LogP contribution in [0.1, 0.15) is 70.9 Å². The van der Waals surface area contributed by atoms with Crippen LogP contribution in [-0.4, -0.2) is 40.8 Å². The molecule has 0 spiro atoms. The van der Waals surface area contributed by atoms with E-state index in [-0.39, 0.29) is 24.0 Å². The summed E-state index contributed by atoms with van der Waals surface area (Å²) in [4.78, 5) is 18.9. The monoisotopic (exact) mass is 505 g/mol. The first-order valence-electron chi connectivity index (χ1n) is 13.2. The second-order valence-electron chi connectivity index (χ2n) is 11.4. The molecule has 2 atom stereocenters. The maximum atomic E-state index is 12.5. The van der Waals surface area contributed by atoms with Crippen molar-refractivity contribution < 1.29 is 18.8 Å². The third-order valence-corrected chi connectivity index (χ3v) is 6.89. The van der Waals surface area contributed by atoms with Crippen LogP contribution in [0.15, 0.2) is 53.1 Å². The maximum absolute atomic E-state index is 12.5. The van der Waals surface area contributed by atoms with Crippen LogP contribution in [-0.2, 0) is 16.8 Å². The topological polar surface area (TPSA) is 77.7 Å². The molecular weight excluding hydrogens is 466 g/mol. The van der Waals surface area contributed by atoms with Crippen molar-refractivity contribution in [3.63, 3.8) is 0 Å². The number of carbonyl (C=O) groups is 1. The molecule has 0 unspecified atom stereocenters. The van der Waals surface area contributed by atoms with E-state index in [2.05, 4.69) is 62.1 Å². The Morgan fingerprint density at radius 2 is 1.89 bits per heavy atom. The summed E-state index contributed by atoms with van der Waals surface area (Å²) in [5.74, 6) is 2.65. The van der Waals surface area contributed by atoms with Gasteiger partial charge in [0.25, 0.3) is 5.89 Å². The van der Waals surface area contributed by atoms with Gasteiger partial charge in [0.05, 0.1) is 6.61 Å². The maximum Gasteiger partial charge on any atom is 0.409 e. The number of amides is 1. The van der Waals surface area contributed by atoms with Crippen LogP contribution in [0, 0.1) is 11.8 Å². The number of hydrogen-bond acceptors (Lipinski definition) is 6. The Morgan fingerprint density at radius 3 is 2.57 bits per heavy atom. The molecule has 7 heteroatoms. The first kappa shape index (κ1) is 26.7. The summed E-state index contributed by atoms with van der Waals surface area (Å²) in [6.45, 7) is 14.8. The molecule has 0 aliphatic carbocycles. The Bertz CT molecular complexity index is 1180. The third kappa shape index (κ3) is 6.70. The van der Waals surface area contributed by atoms with E-state index < -0.39 is 0 Å². The highest BCUT2D eigenvalue weighted by atomic mass is 16.6. The third-order valence-electron chi connectivity index (χ3n) is 6.89. The molecule has 1 aliphatic heterocycles. The zero-order valence-corrected chi connectivity index (χ0v) is 22.9. The number of likely N-dealkylation sites (tertiary alicyclic amines) is 1. The summed E-state index contributed by atoms with van der Waals surface area (Å²) in [5.41, 5.74) is 3.42. The summed E-state index contributed by atoms with van der Waals surface area (Å²) >= 11 is 0. The Kier molecular flexibility index (Phi) is 8.20. The van der Waals surface area contributed by atoms with Crippen molar-refractivity contribution in [2.75, 3.05) is 19.7 Å². The Balaban J connectivity index is 1.38. The van der Waals surface area contributed by atoms with Crippen LogP contribution < -0.4 is 4.74 Å². The highest BCUT2D eigenvalue weighted by Gasteiger charge is 2.36. The molecule has 0 saturated carbocycles. The molecule has 0 bridgehead atoms. The van der Waals surface area contributed by atoms with Crippen molar-refractivity contribution in [3.8, 4) is 17.1 Å². The van der Waals surface area contributed by atoms with Gasteiger partial charge in [0, 0.05) is 24.6 Å². The summed E-state index contributed by atoms with van der Waals surface area (Å²) in [5, 5.41) is 4.13. The summed E-state index contributed by atoms with van der Waals surface area (Å²) in [7, 11) is 0. The van der Waals surface area contributed by atoms with Gasteiger partial charge in [0.15, 0.2) is 6.61 Å². The molecule has 37 heavy (non-hydrogen) atoms. The molecule has 3 aromatic rings. The number of hydrogen-bond donors (Lipinski definition) is 0. The van der Waals surface area contributed by atoms with Crippen LogP contribution in [0.3, 0.4) is 0 Å². The lowest BCUT2D eigenvalue weighted by atomic mass is 9.87. The molecule has 4 rings (SSSR count). The standard InChI is InChI=1S/C30H39N3O4/c1-7-21-16-33(29(34)36-18-20(2)3)17-26(21)23-9-8-10-25(15-23)35-19-27-31-28(32-37-27)22-11-13-24(14-12-22)30(4,5)6/h8-15,20-21,26H,7,16-19H2,1-6H3/t21-,26+/m0/s1. The molecule has 198 valence electrons. The van der Waals surface area contributed by atoms with Gasteiger partial charge in [-0.05, 0) is 40.5 Å². The SMILES string of the molecule is CC[C@H]1CN(C(=O)OCC(C)C)C[C@H]1c1cccc(OCc2nc(-c3ccc(C(C)(C)C)cc3)no2)c1. The normalized spacial score (nSPS) is 17.9. The molecule has 7 nitrogen and oxygen atoms in total. The van der Waals surface area contributed by atoms with Crippen molar-refractivity contribution in [1.29, 1.82) is 0 Å². The fourth-order valence-electron chi connectivity index (χ4n) is 4.67.